The molecule has 0 saturated carbocycles. The maximum atomic E-state index is 13.0. The average Bonchev–Trinajstić information content (AvgIpc) is 3.60. The van der Waals surface area contributed by atoms with Gasteiger partial charge < -0.3 is 19.5 Å². The number of ether oxygens (including phenoxy) is 3. The van der Waals surface area contributed by atoms with Crippen LogP contribution in [0.25, 0.3) is 0 Å². The molecule has 2 aromatic heterocycles. The van der Waals surface area contributed by atoms with Gasteiger partial charge in [0, 0.05) is 16.5 Å². The zero-order chi connectivity index (χ0) is 26.5. The summed E-state index contributed by atoms with van der Waals surface area (Å²) in [5.41, 5.74) is 1.80. The zero-order valence-corrected chi connectivity index (χ0v) is 23.2. The Morgan fingerprint density at radius 3 is 2.46 bits per heavy atom. The van der Waals surface area contributed by atoms with Crippen LogP contribution in [0.5, 0.6) is 11.5 Å². The number of carbonyl (C=O) groups is 3. The molecule has 0 spiro atoms. The third-order valence-corrected chi connectivity index (χ3v) is 8.76. The standard InChI is InChI=1S/C24H26N4O6S3/c1-5-34-22(31)18-16-7-6-8-17(16)36-21(18)25-19(29)12(2)35-24-28-27-23(37-24)26-20(30)13-9-14(32-3)11-15(10-13)33-4/h9-12H,5-8H2,1-4H3,(H,25,29)(H,26,27,30). The fourth-order valence-corrected chi connectivity index (χ4v) is 6.92. The van der Waals surface area contributed by atoms with Crippen LogP contribution >= 0.6 is 34.4 Å². The van der Waals surface area contributed by atoms with Gasteiger partial charge in [0.25, 0.3) is 5.91 Å². The number of nitrogens with one attached hydrogen (secondary N) is 2. The van der Waals surface area contributed by atoms with E-state index in [1.54, 1.807) is 32.0 Å². The topological polar surface area (TPSA) is 129 Å². The van der Waals surface area contributed by atoms with Gasteiger partial charge in [0.1, 0.15) is 16.5 Å². The van der Waals surface area contributed by atoms with Crippen molar-refractivity contribution in [1.29, 1.82) is 0 Å². The Bertz CT molecular complexity index is 1300. The normalized spacial score (nSPS) is 13.0. The van der Waals surface area contributed by atoms with E-state index in [0.29, 0.717) is 37.1 Å². The van der Waals surface area contributed by atoms with Crippen molar-refractivity contribution in [2.24, 2.45) is 0 Å². The molecule has 37 heavy (non-hydrogen) atoms. The van der Waals surface area contributed by atoms with Crippen molar-refractivity contribution in [3.8, 4) is 11.5 Å². The molecule has 13 heteroatoms. The molecule has 4 rings (SSSR count). The molecule has 0 saturated heterocycles. The lowest BCUT2D eigenvalue weighted by atomic mass is 10.1. The molecular formula is C24H26N4O6S3. The molecule has 2 amide bonds. The molecule has 1 aromatic carbocycles. The smallest absolute Gasteiger partial charge is 0.341 e. The number of benzene rings is 1. The number of thiophene rings is 1. The fourth-order valence-electron chi connectivity index (χ4n) is 3.75. The van der Waals surface area contributed by atoms with Crippen molar-refractivity contribution in [1.82, 2.24) is 10.2 Å². The lowest BCUT2D eigenvalue weighted by Crippen LogP contribution is -2.23. The van der Waals surface area contributed by atoms with E-state index < -0.39 is 17.1 Å². The number of aryl methyl sites for hydroxylation is 1. The van der Waals surface area contributed by atoms with Crippen LogP contribution in [0.4, 0.5) is 10.1 Å². The average molecular weight is 563 g/mol. The van der Waals surface area contributed by atoms with E-state index >= 15 is 0 Å². The first-order chi connectivity index (χ1) is 17.8. The molecule has 0 aliphatic heterocycles. The number of rotatable bonds is 10. The summed E-state index contributed by atoms with van der Waals surface area (Å²) in [6.45, 7) is 3.77. The van der Waals surface area contributed by atoms with Crippen molar-refractivity contribution in [2.75, 3.05) is 31.5 Å². The highest BCUT2D eigenvalue weighted by atomic mass is 32.2. The first-order valence-corrected chi connectivity index (χ1v) is 14.0. The summed E-state index contributed by atoms with van der Waals surface area (Å²) in [5.74, 6) is -0.0943. The van der Waals surface area contributed by atoms with Gasteiger partial charge in [0.05, 0.1) is 31.6 Å². The van der Waals surface area contributed by atoms with E-state index in [1.807, 2.05) is 0 Å². The summed E-state index contributed by atoms with van der Waals surface area (Å²) in [6, 6.07) is 4.85. The molecule has 3 aromatic rings. The van der Waals surface area contributed by atoms with Gasteiger partial charge in [-0.25, -0.2) is 4.79 Å². The number of anilines is 2. The second-order valence-corrected chi connectivity index (χ2v) is 11.6. The maximum absolute atomic E-state index is 13.0. The summed E-state index contributed by atoms with van der Waals surface area (Å²) >= 11 is 3.80. The Morgan fingerprint density at radius 2 is 1.78 bits per heavy atom. The Hall–Kier alpha value is -3.16. The van der Waals surface area contributed by atoms with Crippen LogP contribution in [0.1, 0.15) is 51.4 Å². The van der Waals surface area contributed by atoms with Crippen molar-refractivity contribution >= 4 is 62.4 Å². The Balaban J connectivity index is 1.39. The molecular weight excluding hydrogens is 536 g/mol. The summed E-state index contributed by atoms with van der Waals surface area (Å²) in [7, 11) is 3.01. The van der Waals surface area contributed by atoms with Crippen LogP contribution in [0.15, 0.2) is 22.5 Å². The van der Waals surface area contributed by atoms with Crippen LogP contribution in [0, 0.1) is 0 Å². The van der Waals surface area contributed by atoms with Crippen LogP contribution in [0.2, 0.25) is 0 Å². The maximum Gasteiger partial charge on any atom is 0.341 e. The fraction of sp³-hybridized carbons (Fsp3) is 0.375. The molecule has 1 atom stereocenters. The molecule has 196 valence electrons. The molecule has 10 nitrogen and oxygen atoms in total. The van der Waals surface area contributed by atoms with Gasteiger partial charge in [-0.1, -0.05) is 23.1 Å². The van der Waals surface area contributed by atoms with Crippen LogP contribution in [-0.2, 0) is 22.4 Å². The van der Waals surface area contributed by atoms with Gasteiger partial charge in [0.2, 0.25) is 11.0 Å². The van der Waals surface area contributed by atoms with Gasteiger partial charge >= 0.3 is 5.97 Å². The van der Waals surface area contributed by atoms with Gasteiger partial charge in [0.15, 0.2) is 4.34 Å². The summed E-state index contributed by atoms with van der Waals surface area (Å²) in [4.78, 5) is 39.3. The number of nitrogens with zero attached hydrogens (tertiary/aromatic N) is 2. The summed E-state index contributed by atoms with van der Waals surface area (Å²) < 4.78 is 16.2. The predicted octanol–water partition coefficient (Wildman–Crippen LogP) is 4.65. The molecule has 2 heterocycles. The summed E-state index contributed by atoms with van der Waals surface area (Å²) in [5, 5.41) is 14.0. The number of thioether (sulfide) groups is 1. The highest BCUT2D eigenvalue weighted by Gasteiger charge is 2.29. The highest BCUT2D eigenvalue weighted by molar-refractivity contribution is 8.02. The number of carbonyl (C=O) groups excluding carboxylic acids is 3. The third kappa shape index (κ3) is 6.22. The largest absolute Gasteiger partial charge is 0.497 e. The zero-order valence-electron chi connectivity index (χ0n) is 20.7. The number of hydrogen-bond donors (Lipinski definition) is 2. The Kier molecular flexibility index (Phi) is 8.67. The second kappa shape index (κ2) is 11.9. The van der Waals surface area contributed by atoms with Gasteiger partial charge in [-0.3, -0.25) is 14.9 Å². The van der Waals surface area contributed by atoms with Crippen LogP contribution in [0.3, 0.4) is 0 Å². The van der Waals surface area contributed by atoms with Crippen molar-refractivity contribution in [3.05, 3.63) is 39.8 Å². The number of amides is 2. The number of hydrogen-bond acceptors (Lipinski definition) is 11. The van der Waals surface area contributed by atoms with E-state index in [4.69, 9.17) is 14.2 Å². The molecule has 1 unspecified atom stereocenters. The molecule has 1 aliphatic carbocycles. The highest BCUT2D eigenvalue weighted by Crippen LogP contribution is 2.40. The number of methoxy groups -OCH3 is 2. The minimum absolute atomic E-state index is 0.264. The van der Waals surface area contributed by atoms with Crippen molar-refractivity contribution < 1.29 is 28.6 Å². The molecule has 1 aliphatic rings. The minimum atomic E-state index is -0.522. The number of aromatic nitrogens is 2. The second-order valence-electron chi connectivity index (χ2n) is 7.96. The SMILES string of the molecule is CCOC(=O)c1c(NC(=O)C(C)Sc2nnc(NC(=O)c3cc(OC)cc(OC)c3)s2)sc2c1CCC2. The van der Waals surface area contributed by atoms with E-state index in [0.717, 1.165) is 41.0 Å². The summed E-state index contributed by atoms with van der Waals surface area (Å²) in [6.07, 6.45) is 2.70. The minimum Gasteiger partial charge on any atom is -0.497 e. The molecule has 0 fully saturated rings. The third-order valence-electron chi connectivity index (χ3n) is 5.52. The Labute approximate surface area is 226 Å². The van der Waals surface area contributed by atoms with Crippen LogP contribution < -0.4 is 20.1 Å². The lowest BCUT2D eigenvalue weighted by molar-refractivity contribution is -0.115. The first-order valence-electron chi connectivity index (χ1n) is 11.5. The van der Waals surface area contributed by atoms with Gasteiger partial charge in [-0.2, -0.15) is 0 Å². The van der Waals surface area contributed by atoms with E-state index in [1.165, 1.54) is 37.3 Å². The molecule has 0 radical (unpaired) electrons. The van der Waals surface area contributed by atoms with Crippen molar-refractivity contribution in [2.45, 2.75) is 42.7 Å². The Morgan fingerprint density at radius 1 is 1.05 bits per heavy atom. The first kappa shape index (κ1) is 26.9. The quantitative estimate of drug-likeness (QED) is 0.206. The molecule has 0 bridgehead atoms. The predicted molar refractivity (Wildman–Crippen MR) is 144 cm³/mol. The van der Waals surface area contributed by atoms with E-state index in [9.17, 15) is 14.4 Å². The van der Waals surface area contributed by atoms with Gasteiger partial charge in [-0.15, -0.1) is 21.5 Å². The monoisotopic (exact) mass is 562 g/mol. The number of esters is 1. The van der Waals surface area contributed by atoms with Crippen molar-refractivity contribution in [3.63, 3.8) is 0 Å². The van der Waals surface area contributed by atoms with Crippen LogP contribution in [-0.4, -0.2) is 54.1 Å². The number of fused-ring (bicyclic) bond motifs is 1. The van der Waals surface area contributed by atoms with E-state index in [2.05, 4.69) is 20.8 Å². The van der Waals surface area contributed by atoms with Gasteiger partial charge in [-0.05, 0) is 50.8 Å². The lowest BCUT2D eigenvalue weighted by Gasteiger charge is -2.11. The van der Waals surface area contributed by atoms with E-state index in [-0.39, 0.29) is 12.5 Å². The molecule has 2 N–H and O–H groups in total.